The molecule has 1 aliphatic heterocycles. The van der Waals surface area contributed by atoms with E-state index in [4.69, 9.17) is 4.74 Å². The zero-order chi connectivity index (χ0) is 26.6. The standard InChI is InChI=1S/C30H23F2N3O3/c31-26-7-4-20(14-27(26)32)24-13-21(5-8-28(24)36)30(37)35-22-6-9-29(38-23-10-11-34-17-23)25(15-22)19-3-1-2-18(12-19)16-33/h1-9,12-15,23,34,36H,10-11,17H2,(H,35,37). The first kappa shape index (κ1) is 24.9. The third-order valence-corrected chi connectivity index (χ3v) is 6.34. The van der Waals surface area contributed by atoms with Crippen molar-refractivity contribution in [3.05, 3.63) is 102 Å². The number of nitriles is 1. The summed E-state index contributed by atoms with van der Waals surface area (Å²) in [5.41, 5.74) is 3.13. The van der Waals surface area contributed by atoms with E-state index >= 15 is 0 Å². The minimum atomic E-state index is -1.06. The summed E-state index contributed by atoms with van der Waals surface area (Å²) in [5, 5.41) is 25.8. The minimum Gasteiger partial charge on any atom is -0.507 e. The summed E-state index contributed by atoms with van der Waals surface area (Å²) in [7, 11) is 0. The van der Waals surface area contributed by atoms with Gasteiger partial charge >= 0.3 is 0 Å². The molecule has 1 atom stereocenters. The second kappa shape index (κ2) is 10.7. The monoisotopic (exact) mass is 511 g/mol. The van der Waals surface area contributed by atoms with Gasteiger partial charge in [0.05, 0.1) is 11.6 Å². The molecule has 1 heterocycles. The Hall–Kier alpha value is -4.74. The summed E-state index contributed by atoms with van der Waals surface area (Å²) >= 11 is 0. The van der Waals surface area contributed by atoms with Gasteiger partial charge in [-0.3, -0.25) is 4.79 Å². The Morgan fingerprint density at radius 1 is 0.974 bits per heavy atom. The number of phenols is 1. The maximum atomic E-state index is 13.8. The summed E-state index contributed by atoms with van der Waals surface area (Å²) in [6, 6.07) is 22.0. The van der Waals surface area contributed by atoms with E-state index in [9.17, 15) is 23.9 Å². The molecule has 0 saturated carbocycles. The summed E-state index contributed by atoms with van der Waals surface area (Å²) in [6.45, 7) is 1.61. The average molecular weight is 512 g/mol. The van der Waals surface area contributed by atoms with Crippen LogP contribution in [0.1, 0.15) is 22.3 Å². The zero-order valence-corrected chi connectivity index (χ0v) is 20.2. The first-order valence-corrected chi connectivity index (χ1v) is 12.0. The number of rotatable bonds is 6. The fourth-order valence-electron chi connectivity index (χ4n) is 4.38. The second-order valence-electron chi connectivity index (χ2n) is 8.95. The number of hydrogen-bond acceptors (Lipinski definition) is 5. The number of hydrogen-bond donors (Lipinski definition) is 3. The van der Waals surface area contributed by atoms with Crippen LogP contribution in [0.25, 0.3) is 22.3 Å². The van der Waals surface area contributed by atoms with Crippen LogP contribution in [0.4, 0.5) is 14.5 Å². The highest BCUT2D eigenvalue weighted by molar-refractivity contribution is 6.05. The Morgan fingerprint density at radius 3 is 2.58 bits per heavy atom. The molecule has 6 nitrogen and oxygen atoms in total. The molecule has 0 aliphatic carbocycles. The summed E-state index contributed by atoms with van der Waals surface area (Å²) < 4.78 is 33.4. The predicted molar refractivity (Wildman–Crippen MR) is 140 cm³/mol. The van der Waals surface area contributed by atoms with Crippen molar-refractivity contribution in [2.24, 2.45) is 0 Å². The van der Waals surface area contributed by atoms with E-state index in [0.717, 1.165) is 42.8 Å². The molecule has 4 aromatic rings. The number of nitrogens with one attached hydrogen (secondary N) is 2. The van der Waals surface area contributed by atoms with Crippen LogP contribution in [0.3, 0.4) is 0 Å². The third kappa shape index (κ3) is 5.33. The van der Waals surface area contributed by atoms with E-state index in [1.54, 1.807) is 36.4 Å². The number of ether oxygens (including phenoxy) is 1. The van der Waals surface area contributed by atoms with Crippen molar-refractivity contribution in [3.63, 3.8) is 0 Å². The Labute approximate surface area is 218 Å². The van der Waals surface area contributed by atoms with Gasteiger partial charge in [0.15, 0.2) is 11.6 Å². The van der Waals surface area contributed by atoms with Crippen LogP contribution < -0.4 is 15.4 Å². The normalized spacial score (nSPS) is 14.6. The lowest BCUT2D eigenvalue weighted by Crippen LogP contribution is -2.20. The number of phenolic OH excluding ortho intramolecular Hbond substituents is 1. The zero-order valence-electron chi connectivity index (χ0n) is 20.2. The van der Waals surface area contributed by atoms with Crippen LogP contribution in [0.5, 0.6) is 11.5 Å². The Morgan fingerprint density at radius 2 is 1.82 bits per heavy atom. The molecule has 3 N–H and O–H groups in total. The lowest BCUT2D eigenvalue weighted by atomic mass is 10.0. The molecule has 4 aromatic carbocycles. The number of nitrogens with zero attached hydrogens (tertiary/aromatic N) is 1. The Kier molecular flexibility index (Phi) is 7.03. The van der Waals surface area contributed by atoms with Crippen molar-refractivity contribution in [1.82, 2.24) is 5.32 Å². The van der Waals surface area contributed by atoms with Crippen molar-refractivity contribution < 1.29 is 23.4 Å². The van der Waals surface area contributed by atoms with Crippen LogP contribution in [-0.4, -0.2) is 30.2 Å². The lowest BCUT2D eigenvalue weighted by molar-refractivity contribution is 0.102. The van der Waals surface area contributed by atoms with E-state index in [1.165, 1.54) is 24.3 Å². The first-order chi connectivity index (χ1) is 18.4. The number of aromatic hydroxyl groups is 1. The van der Waals surface area contributed by atoms with Gasteiger partial charge in [-0.15, -0.1) is 0 Å². The number of amides is 1. The average Bonchev–Trinajstić information content (AvgIpc) is 3.44. The van der Waals surface area contributed by atoms with E-state index in [0.29, 0.717) is 17.0 Å². The SMILES string of the molecule is N#Cc1cccc(-c2cc(NC(=O)c3ccc(O)c(-c4ccc(F)c(F)c4)c3)ccc2OC2CCNC2)c1. The largest absolute Gasteiger partial charge is 0.507 e. The van der Waals surface area contributed by atoms with Gasteiger partial charge in [-0.25, -0.2) is 8.78 Å². The van der Waals surface area contributed by atoms with E-state index in [2.05, 4.69) is 16.7 Å². The fourth-order valence-corrected chi connectivity index (χ4v) is 4.38. The van der Waals surface area contributed by atoms with E-state index < -0.39 is 17.5 Å². The van der Waals surface area contributed by atoms with Crippen LogP contribution in [0.15, 0.2) is 78.9 Å². The van der Waals surface area contributed by atoms with Crippen molar-refractivity contribution in [2.45, 2.75) is 12.5 Å². The molecule has 1 saturated heterocycles. The molecular formula is C30H23F2N3O3. The maximum Gasteiger partial charge on any atom is 0.255 e. The number of carbonyl (C=O) groups is 1. The van der Waals surface area contributed by atoms with Crippen molar-refractivity contribution in [2.75, 3.05) is 18.4 Å². The highest BCUT2D eigenvalue weighted by Crippen LogP contribution is 2.35. The number of halogens is 2. The molecule has 0 bridgehead atoms. The molecule has 1 aliphatic rings. The predicted octanol–water partition coefficient (Wildman–Crippen LogP) is 5.87. The van der Waals surface area contributed by atoms with Gasteiger partial charge < -0.3 is 20.5 Å². The summed E-state index contributed by atoms with van der Waals surface area (Å²) in [5.74, 6) is -2.05. The summed E-state index contributed by atoms with van der Waals surface area (Å²) in [6.07, 6.45) is 0.886. The van der Waals surface area contributed by atoms with Crippen LogP contribution in [-0.2, 0) is 0 Å². The molecule has 1 fully saturated rings. The van der Waals surface area contributed by atoms with Crippen molar-refractivity contribution in [1.29, 1.82) is 5.26 Å². The Balaban J connectivity index is 1.45. The topological polar surface area (TPSA) is 94.4 Å². The minimum absolute atomic E-state index is 0.0139. The lowest BCUT2D eigenvalue weighted by Gasteiger charge is -2.18. The second-order valence-corrected chi connectivity index (χ2v) is 8.95. The Bertz CT molecular complexity index is 1560. The van der Waals surface area contributed by atoms with Gasteiger partial charge in [-0.2, -0.15) is 5.26 Å². The van der Waals surface area contributed by atoms with E-state index in [1.807, 2.05) is 6.07 Å². The highest BCUT2D eigenvalue weighted by Gasteiger charge is 2.19. The highest BCUT2D eigenvalue weighted by atomic mass is 19.2. The molecule has 1 unspecified atom stereocenters. The van der Waals surface area contributed by atoms with Gasteiger partial charge in [0.25, 0.3) is 5.91 Å². The number of anilines is 1. The number of benzene rings is 4. The first-order valence-electron chi connectivity index (χ1n) is 12.0. The molecule has 5 rings (SSSR count). The quantitative estimate of drug-likeness (QED) is 0.301. The van der Waals surface area contributed by atoms with Gasteiger partial charge in [0.2, 0.25) is 0 Å². The molecule has 190 valence electrons. The van der Waals surface area contributed by atoms with Crippen molar-refractivity contribution in [3.8, 4) is 39.8 Å². The molecule has 1 amide bonds. The smallest absolute Gasteiger partial charge is 0.255 e. The van der Waals surface area contributed by atoms with Crippen LogP contribution in [0, 0.1) is 23.0 Å². The van der Waals surface area contributed by atoms with Crippen LogP contribution >= 0.6 is 0 Å². The molecule has 38 heavy (non-hydrogen) atoms. The molecule has 0 spiro atoms. The summed E-state index contributed by atoms with van der Waals surface area (Å²) in [4.78, 5) is 13.1. The van der Waals surface area contributed by atoms with Crippen LogP contribution in [0.2, 0.25) is 0 Å². The molecular weight excluding hydrogens is 488 g/mol. The molecule has 8 heteroatoms. The number of carbonyl (C=O) groups excluding carboxylic acids is 1. The van der Waals surface area contributed by atoms with Gasteiger partial charge in [0, 0.05) is 28.9 Å². The molecule has 0 aromatic heterocycles. The van der Waals surface area contributed by atoms with E-state index in [-0.39, 0.29) is 28.5 Å². The third-order valence-electron chi connectivity index (χ3n) is 6.34. The molecule has 0 radical (unpaired) electrons. The van der Waals surface area contributed by atoms with Gasteiger partial charge in [-0.05, 0) is 84.8 Å². The van der Waals surface area contributed by atoms with Gasteiger partial charge in [-0.1, -0.05) is 18.2 Å². The maximum absolute atomic E-state index is 13.8. The fraction of sp³-hybridized carbons (Fsp3) is 0.133. The van der Waals surface area contributed by atoms with Crippen molar-refractivity contribution >= 4 is 11.6 Å². The van der Waals surface area contributed by atoms with Gasteiger partial charge in [0.1, 0.15) is 17.6 Å².